The molecular weight excluding hydrogens is 334 g/mol. The predicted octanol–water partition coefficient (Wildman–Crippen LogP) is 3.37. The van der Waals surface area contributed by atoms with Gasteiger partial charge in [0.2, 0.25) is 5.78 Å². The number of ether oxygens (including phenoxy) is 2. The van der Waals surface area contributed by atoms with Crippen LogP contribution in [0.3, 0.4) is 0 Å². The number of carbonyl (C=O) groups is 3. The number of benzene rings is 1. The first kappa shape index (κ1) is 20.0. The van der Waals surface area contributed by atoms with Gasteiger partial charge >= 0.3 is 12.1 Å². The molecule has 7 heteroatoms. The number of halogens is 1. The monoisotopic (exact) mass is 355 g/mol. The third-order valence-corrected chi connectivity index (χ3v) is 3.06. The lowest BCUT2D eigenvalue weighted by atomic mass is 10.1. The second-order valence-corrected chi connectivity index (χ2v) is 6.62. The Morgan fingerprint density at radius 1 is 1.17 bits per heavy atom. The molecule has 1 rings (SSSR count). The smallest absolute Gasteiger partial charge is 0.407 e. The molecular formula is C17H22ClNO5. The molecule has 6 nitrogen and oxygen atoms in total. The van der Waals surface area contributed by atoms with Crippen LogP contribution in [0.2, 0.25) is 5.02 Å². The molecule has 0 fully saturated rings. The molecule has 0 bridgehead atoms. The maximum Gasteiger partial charge on any atom is 0.407 e. The molecule has 1 aromatic carbocycles. The molecule has 0 aliphatic rings. The predicted molar refractivity (Wildman–Crippen MR) is 90.2 cm³/mol. The lowest BCUT2D eigenvalue weighted by Gasteiger charge is -2.19. The van der Waals surface area contributed by atoms with E-state index in [2.05, 4.69) is 5.32 Å². The summed E-state index contributed by atoms with van der Waals surface area (Å²) in [6.07, 6.45) is -1.59. The van der Waals surface area contributed by atoms with Crippen LogP contribution in [-0.2, 0) is 14.3 Å². The van der Waals surface area contributed by atoms with Crippen LogP contribution < -0.4 is 5.32 Å². The van der Waals surface area contributed by atoms with E-state index in [0.29, 0.717) is 10.6 Å². The van der Waals surface area contributed by atoms with Crippen molar-refractivity contribution in [3.05, 3.63) is 34.9 Å². The van der Waals surface area contributed by atoms with Crippen LogP contribution in [0.5, 0.6) is 0 Å². The number of ketones is 1. The topological polar surface area (TPSA) is 81.7 Å². The van der Waals surface area contributed by atoms with E-state index in [1.54, 1.807) is 45.0 Å². The van der Waals surface area contributed by atoms with Crippen LogP contribution in [0.1, 0.15) is 44.5 Å². The van der Waals surface area contributed by atoms with Gasteiger partial charge in [0.1, 0.15) is 5.60 Å². The Morgan fingerprint density at radius 3 is 2.29 bits per heavy atom. The van der Waals surface area contributed by atoms with Crippen LogP contribution in [0.15, 0.2) is 24.3 Å². The quantitative estimate of drug-likeness (QED) is 0.625. The molecule has 0 radical (unpaired) electrons. The van der Waals surface area contributed by atoms with E-state index in [-0.39, 0.29) is 18.7 Å². The first-order valence-electron chi connectivity index (χ1n) is 7.54. The molecule has 0 aromatic heterocycles. The Hall–Kier alpha value is -2.08. The molecule has 0 saturated carbocycles. The van der Waals surface area contributed by atoms with E-state index >= 15 is 0 Å². The van der Waals surface area contributed by atoms with E-state index < -0.39 is 23.8 Å². The minimum atomic E-state index is -0.916. The van der Waals surface area contributed by atoms with Gasteiger partial charge in [0.05, 0.1) is 6.42 Å². The van der Waals surface area contributed by atoms with Crippen molar-refractivity contribution < 1.29 is 23.9 Å². The average molecular weight is 356 g/mol. The first-order valence-corrected chi connectivity index (χ1v) is 7.92. The number of nitrogens with one attached hydrogen (secondary N) is 1. The fourth-order valence-corrected chi connectivity index (χ4v) is 1.87. The van der Waals surface area contributed by atoms with Gasteiger partial charge in [-0.25, -0.2) is 4.79 Å². The van der Waals surface area contributed by atoms with Crippen molar-refractivity contribution >= 4 is 29.4 Å². The summed E-state index contributed by atoms with van der Waals surface area (Å²) in [6.45, 7) is 6.78. The highest BCUT2D eigenvalue weighted by molar-refractivity contribution is 6.30. The third-order valence-electron chi connectivity index (χ3n) is 2.80. The lowest BCUT2D eigenvalue weighted by molar-refractivity contribution is -0.146. The molecule has 132 valence electrons. The summed E-state index contributed by atoms with van der Waals surface area (Å²) in [7, 11) is 0. The standard InChI is InChI=1S/C17H22ClNO5/c1-11(15(21)12-5-7-13(18)8-6-12)23-14(20)9-10-19-16(22)24-17(2,3)4/h5-8,11H,9-10H2,1-4H3,(H,19,22). The van der Waals surface area contributed by atoms with Crippen LogP contribution in [0.4, 0.5) is 4.79 Å². The second-order valence-electron chi connectivity index (χ2n) is 6.18. The van der Waals surface area contributed by atoms with E-state index in [1.165, 1.54) is 6.92 Å². The van der Waals surface area contributed by atoms with Crippen molar-refractivity contribution in [1.29, 1.82) is 0 Å². The number of hydrogen-bond acceptors (Lipinski definition) is 5. The van der Waals surface area contributed by atoms with E-state index in [1.807, 2.05) is 0 Å². The van der Waals surface area contributed by atoms with Gasteiger partial charge in [-0.2, -0.15) is 0 Å². The maximum atomic E-state index is 12.1. The van der Waals surface area contributed by atoms with Gasteiger partial charge in [-0.1, -0.05) is 11.6 Å². The number of Topliss-reactive ketones (excluding diaryl/α,β-unsaturated/α-hetero) is 1. The third kappa shape index (κ3) is 7.46. The SMILES string of the molecule is CC(OC(=O)CCNC(=O)OC(C)(C)C)C(=O)c1ccc(Cl)cc1. The summed E-state index contributed by atoms with van der Waals surface area (Å²) in [4.78, 5) is 35.3. The van der Waals surface area contributed by atoms with Crippen LogP contribution >= 0.6 is 11.6 Å². The molecule has 1 amide bonds. The van der Waals surface area contributed by atoms with Crippen molar-refractivity contribution in [2.24, 2.45) is 0 Å². The summed E-state index contributed by atoms with van der Waals surface area (Å²) in [6, 6.07) is 6.32. The summed E-state index contributed by atoms with van der Waals surface area (Å²) >= 11 is 5.76. The van der Waals surface area contributed by atoms with Crippen LogP contribution in [0.25, 0.3) is 0 Å². The minimum absolute atomic E-state index is 0.0581. The number of amides is 1. The zero-order valence-electron chi connectivity index (χ0n) is 14.2. The summed E-state index contributed by atoms with van der Waals surface area (Å²) in [5.74, 6) is -0.902. The van der Waals surface area contributed by atoms with Crippen LogP contribution in [-0.4, -0.2) is 36.1 Å². The van der Waals surface area contributed by atoms with Gasteiger partial charge in [0.15, 0.2) is 6.10 Å². The van der Waals surface area contributed by atoms with Gasteiger partial charge in [-0.15, -0.1) is 0 Å². The van der Waals surface area contributed by atoms with E-state index in [4.69, 9.17) is 21.1 Å². The van der Waals surface area contributed by atoms with Crippen LogP contribution in [0, 0.1) is 0 Å². The molecule has 1 N–H and O–H groups in total. The summed E-state index contributed by atoms with van der Waals surface area (Å²) < 4.78 is 10.1. The first-order chi connectivity index (χ1) is 11.1. The number of rotatable bonds is 6. The Kier molecular flexibility index (Phi) is 7.22. The highest BCUT2D eigenvalue weighted by atomic mass is 35.5. The highest BCUT2D eigenvalue weighted by Gasteiger charge is 2.20. The van der Waals surface area contributed by atoms with Gasteiger partial charge in [0.25, 0.3) is 0 Å². The molecule has 24 heavy (non-hydrogen) atoms. The van der Waals surface area contributed by atoms with Crippen molar-refractivity contribution in [2.75, 3.05) is 6.54 Å². The summed E-state index contributed by atoms with van der Waals surface area (Å²) in [5, 5.41) is 2.97. The van der Waals surface area contributed by atoms with Gasteiger partial charge in [-0.05, 0) is 52.0 Å². The van der Waals surface area contributed by atoms with Gasteiger partial charge in [0, 0.05) is 17.1 Å². The molecule has 0 heterocycles. The number of hydrogen-bond donors (Lipinski definition) is 1. The normalized spacial score (nSPS) is 12.2. The number of alkyl carbamates (subject to hydrolysis) is 1. The van der Waals surface area contributed by atoms with Gasteiger partial charge in [-0.3, -0.25) is 9.59 Å². The Labute approximate surface area is 146 Å². The molecule has 0 aliphatic heterocycles. The van der Waals surface area contributed by atoms with Gasteiger partial charge < -0.3 is 14.8 Å². The highest BCUT2D eigenvalue weighted by Crippen LogP contribution is 2.12. The molecule has 0 aliphatic carbocycles. The average Bonchev–Trinajstić information content (AvgIpc) is 2.45. The molecule has 1 aromatic rings. The van der Waals surface area contributed by atoms with Crippen molar-refractivity contribution in [2.45, 2.75) is 45.8 Å². The zero-order valence-corrected chi connectivity index (χ0v) is 15.0. The largest absolute Gasteiger partial charge is 0.454 e. The summed E-state index contributed by atoms with van der Waals surface area (Å²) in [5.41, 5.74) is -0.198. The lowest BCUT2D eigenvalue weighted by Crippen LogP contribution is -2.34. The maximum absolute atomic E-state index is 12.1. The minimum Gasteiger partial charge on any atom is -0.454 e. The Morgan fingerprint density at radius 2 is 1.75 bits per heavy atom. The number of carbonyl (C=O) groups excluding carboxylic acids is 3. The fourth-order valence-electron chi connectivity index (χ4n) is 1.74. The zero-order chi connectivity index (χ0) is 18.3. The van der Waals surface area contributed by atoms with Crippen molar-refractivity contribution in [3.8, 4) is 0 Å². The molecule has 1 atom stereocenters. The fraction of sp³-hybridized carbons (Fsp3) is 0.471. The second kappa shape index (κ2) is 8.68. The Balaban J connectivity index is 2.37. The molecule has 1 unspecified atom stereocenters. The van der Waals surface area contributed by atoms with Crippen molar-refractivity contribution in [3.63, 3.8) is 0 Å². The van der Waals surface area contributed by atoms with Crippen molar-refractivity contribution in [1.82, 2.24) is 5.32 Å². The molecule has 0 spiro atoms. The Bertz CT molecular complexity index is 592. The van der Waals surface area contributed by atoms with E-state index in [0.717, 1.165) is 0 Å². The molecule has 0 saturated heterocycles. The number of esters is 1. The van der Waals surface area contributed by atoms with E-state index in [9.17, 15) is 14.4 Å².